The topological polar surface area (TPSA) is 0 Å². The smallest absolute Gasteiger partial charge is 0.0321 e. The Morgan fingerprint density at radius 3 is 1.92 bits per heavy atom. The maximum atomic E-state index is 2.45. The van der Waals surface area contributed by atoms with Gasteiger partial charge in [-0.3, -0.25) is 0 Å². The Balaban J connectivity index is 1.63. The van der Waals surface area contributed by atoms with E-state index < -0.39 is 0 Å². The predicted molar refractivity (Wildman–Crippen MR) is 50.8 cm³/mol. The standard InChI is InChI=1S/C12H20/c1-8-7-11(8)12-9-5-3-2-4-6-10(9)12/h8-12H,2-7H2,1H3. The average Bonchev–Trinajstić information content (AvgIpc) is 2.83. The summed E-state index contributed by atoms with van der Waals surface area (Å²) in [4.78, 5) is 0. The summed E-state index contributed by atoms with van der Waals surface area (Å²) < 4.78 is 0. The van der Waals surface area contributed by atoms with E-state index in [1.165, 1.54) is 30.1 Å². The van der Waals surface area contributed by atoms with Crippen LogP contribution in [-0.2, 0) is 0 Å². The first-order valence-corrected chi connectivity index (χ1v) is 5.88. The van der Waals surface area contributed by atoms with Gasteiger partial charge < -0.3 is 0 Å². The van der Waals surface area contributed by atoms with Crippen molar-refractivity contribution in [1.82, 2.24) is 0 Å². The normalized spacial score (nSPS) is 57.2. The Kier molecular flexibility index (Phi) is 1.54. The lowest BCUT2D eigenvalue weighted by molar-refractivity contribution is 0.512. The van der Waals surface area contributed by atoms with Crippen LogP contribution in [0.4, 0.5) is 0 Å². The van der Waals surface area contributed by atoms with Gasteiger partial charge in [0, 0.05) is 0 Å². The van der Waals surface area contributed by atoms with E-state index in [1.807, 2.05) is 0 Å². The second-order valence-electron chi connectivity index (χ2n) is 5.42. The molecule has 0 heterocycles. The van der Waals surface area contributed by atoms with Crippen LogP contribution in [0.15, 0.2) is 0 Å². The van der Waals surface area contributed by atoms with E-state index >= 15 is 0 Å². The molecule has 12 heavy (non-hydrogen) atoms. The van der Waals surface area contributed by atoms with Crippen LogP contribution in [-0.4, -0.2) is 0 Å². The largest absolute Gasteiger partial charge is 0.0622 e. The molecule has 68 valence electrons. The number of hydrogen-bond donors (Lipinski definition) is 0. The fraction of sp³-hybridized carbons (Fsp3) is 1.00. The quantitative estimate of drug-likeness (QED) is 0.556. The Morgan fingerprint density at radius 2 is 1.42 bits per heavy atom. The zero-order valence-corrected chi connectivity index (χ0v) is 8.13. The molecule has 0 heteroatoms. The summed E-state index contributed by atoms with van der Waals surface area (Å²) in [5.74, 6) is 5.88. The summed E-state index contributed by atoms with van der Waals surface area (Å²) in [7, 11) is 0. The molecule has 0 aliphatic heterocycles. The van der Waals surface area contributed by atoms with E-state index in [2.05, 4.69) is 6.92 Å². The second kappa shape index (κ2) is 2.49. The van der Waals surface area contributed by atoms with Crippen LogP contribution in [0.2, 0.25) is 0 Å². The number of rotatable bonds is 1. The molecule has 0 amide bonds. The van der Waals surface area contributed by atoms with E-state index in [9.17, 15) is 0 Å². The molecule has 0 aromatic carbocycles. The highest BCUT2D eigenvalue weighted by Gasteiger charge is 2.58. The first-order chi connectivity index (χ1) is 5.88. The third-order valence-electron chi connectivity index (χ3n) is 4.64. The van der Waals surface area contributed by atoms with Crippen LogP contribution < -0.4 is 0 Å². The molecular formula is C12H20. The van der Waals surface area contributed by atoms with Gasteiger partial charge in [-0.15, -0.1) is 0 Å². The summed E-state index contributed by atoms with van der Waals surface area (Å²) >= 11 is 0. The maximum absolute atomic E-state index is 2.45. The van der Waals surface area contributed by atoms with Crippen molar-refractivity contribution >= 4 is 0 Å². The lowest BCUT2D eigenvalue weighted by Gasteiger charge is -1.99. The average molecular weight is 164 g/mol. The fourth-order valence-electron chi connectivity index (χ4n) is 3.75. The minimum atomic E-state index is 1.10. The Bertz CT molecular complexity index is 172. The van der Waals surface area contributed by atoms with Crippen LogP contribution in [0.1, 0.15) is 45.4 Å². The van der Waals surface area contributed by atoms with Crippen molar-refractivity contribution in [3.8, 4) is 0 Å². The lowest BCUT2D eigenvalue weighted by Crippen LogP contribution is -1.90. The zero-order chi connectivity index (χ0) is 8.13. The van der Waals surface area contributed by atoms with Gasteiger partial charge in [0.2, 0.25) is 0 Å². The van der Waals surface area contributed by atoms with Gasteiger partial charge in [0.25, 0.3) is 0 Å². The summed E-state index contributed by atoms with van der Waals surface area (Å²) in [5.41, 5.74) is 0. The highest BCUT2D eigenvalue weighted by atomic mass is 14.6. The molecule has 0 N–H and O–H groups in total. The van der Waals surface area contributed by atoms with Crippen molar-refractivity contribution in [2.24, 2.45) is 29.6 Å². The molecule has 0 spiro atoms. The molecule has 0 radical (unpaired) electrons. The number of fused-ring (bicyclic) bond motifs is 1. The number of hydrogen-bond acceptors (Lipinski definition) is 0. The molecule has 0 nitrogen and oxygen atoms in total. The van der Waals surface area contributed by atoms with Gasteiger partial charge >= 0.3 is 0 Å². The SMILES string of the molecule is CC1CC1C1C2CCCCCC21. The van der Waals surface area contributed by atoms with Gasteiger partial charge in [-0.1, -0.05) is 26.2 Å². The maximum Gasteiger partial charge on any atom is -0.0321 e. The summed E-state index contributed by atoms with van der Waals surface area (Å²) in [6.07, 6.45) is 9.34. The van der Waals surface area contributed by atoms with E-state index in [1.54, 1.807) is 32.1 Å². The molecule has 0 aromatic rings. The van der Waals surface area contributed by atoms with Gasteiger partial charge in [0.1, 0.15) is 0 Å². The van der Waals surface area contributed by atoms with Crippen LogP contribution in [0, 0.1) is 29.6 Å². The highest BCUT2D eigenvalue weighted by Crippen LogP contribution is 2.65. The molecule has 3 aliphatic rings. The molecule has 0 aromatic heterocycles. The van der Waals surface area contributed by atoms with Gasteiger partial charge in [-0.2, -0.15) is 0 Å². The molecule has 4 unspecified atom stereocenters. The van der Waals surface area contributed by atoms with Crippen LogP contribution in [0.5, 0.6) is 0 Å². The third-order valence-corrected chi connectivity index (χ3v) is 4.64. The van der Waals surface area contributed by atoms with Gasteiger partial charge in [-0.25, -0.2) is 0 Å². The molecule has 3 fully saturated rings. The van der Waals surface area contributed by atoms with E-state index in [0.717, 1.165) is 5.92 Å². The summed E-state index contributed by atoms with van der Waals surface area (Å²) in [6, 6.07) is 0. The molecule has 3 rings (SSSR count). The molecule has 3 aliphatic carbocycles. The van der Waals surface area contributed by atoms with Crippen molar-refractivity contribution in [2.75, 3.05) is 0 Å². The monoisotopic (exact) mass is 164 g/mol. The highest BCUT2D eigenvalue weighted by molar-refractivity contribution is 5.06. The van der Waals surface area contributed by atoms with Crippen molar-refractivity contribution in [2.45, 2.75) is 45.4 Å². The lowest BCUT2D eigenvalue weighted by atomic mass is 10.1. The molecule has 4 atom stereocenters. The zero-order valence-electron chi connectivity index (χ0n) is 8.13. The van der Waals surface area contributed by atoms with Crippen molar-refractivity contribution in [3.05, 3.63) is 0 Å². The van der Waals surface area contributed by atoms with E-state index in [0.29, 0.717) is 0 Å². The second-order valence-corrected chi connectivity index (χ2v) is 5.42. The Labute approximate surface area is 75.7 Å². The van der Waals surface area contributed by atoms with Gasteiger partial charge in [0.05, 0.1) is 0 Å². The van der Waals surface area contributed by atoms with Crippen LogP contribution >= 0.6 is 0 Å². The van der Waals surface area contributed by atoms with Gasteiger partial charge in [-0.05, 0) is 48.9 Å². The van der Waals surface area contributed by atoms with Crippen molar-refractivity contribution < 1.29 is 0 Å². The Morgan fingerprint density at radius 1 is 0.833 bits per heavy atom. The molecule has 0 bridgehead atoms. The Hall–Kier alpha value is 0. The first kappa shape index (κ1) is 7.41. The molecule has 3 saturated carbocycles. The van der Waals surface area contributed by atoms with E-state index in [4.69, 9.17) is 0 Å². The minimum Gasteiger partial charge on any atom is -0.0622 e. The van der Waals surface area contributed by atoms with Crippen LogP contribution in [0.3, 0.4) is 0 Å². The van der Waals surface area contributed by atoms with Crippen molar-refractivity contribution in [1.29, 1.82) is 0 Å². The summed E-state index contributed by atoms with van der Waals surface area (Å²) in [5, 5.41) is 0. The van der Waals surface area contributed by atoms with Gasteiger partial charge in [0.15, 0.2) is 0 Å². The third kappa shape index (κ3) is 1.03. The van der Waals surface area contributed by atoms with Crippen molar-refractivity contribution in [3.63, 3.8) is 0 Å². The molecule has 0 saturated heterocycles. The first-order valence-electron chi connectivity index (χ1n) is 5.88. The fourth-order valence-corrected chi connectivity index (χ4v) is 3.75. The summed E-state index contributed by atoms with van der Waals surface area (Å²) in [6.45, 7) is 2.45. The van der Waals surface area contributed by atoms with Crippen LogP contribution in [0.25, 0.3) is 0 Å². The molecular weight excluding hydrogens is 144 g/mol. The van der Waals surface area contributed by atoms with E-state index in [-0.39, 0.29) is 0 Å². The minimum absolute atomic E-state index is 1.10. The predicted octanol–water partition coefficient (Wildman–Crippen LogP) is 3.47.